The fourth-order valence-electron chi connectivity index (χ4n) is 2.08. The molecule has 0 heterocycles. The Morgan fingerprint density at radius 2 is 2.20 bits per heavy atom. The third kappa shape index (κ3) is 3.23. The van der Waals surface area contributed by atoms with Crippen LogP contribution in [0.15, 0.2) is 12.1 Å². The van der Waals surface area contributed by atoms with E-state index in [4.69, 9.17) is 5.11 Å². The van der Waals surface area contributed by atoms with Crippen LogP contribution in [-0.2, 0) is 4.79 Å². The fourth-order valence-corrected chi connectivity index (χ4v) is 2.08. The lowest BCUT2D eigenvalue weighted by Gasteiger charge is -2.23. The summed E-state index contributed by atoms with van der Waals surface area (Å²) >= 11 is 0. The second-order valence-electron chi connectivity index (χ2n) is 5.06. The zero-order chi connectivity index (χ0) is 14.9. The highest BCUT2D eigenvalue weighted by Gasteiger charge is 2.29. The van der Waals surface area contributed by atoms with E-state index in [1.54, 1.807) is 0 Å². The van der Waals surface area contributed by atoms with Gasteiger partial charge in [-0.25, -0.2) is 4.39 Å². The van der Waals surface area contributed by atoms with Crippen LogP contribution in [0.5, 0.6) is 0 Å². The number of nitro benzene ring substituents is 1. The van der Waals surface area contributed by atoms with Gasteiger partial charge in [-0.05, 0) is 37.3 Å². The van der Waals surface area contributed by atoms with Crippen molar-refractivity contribution in [2.75, 3.05) is 18.0 Å². The van der Waals surface area contributed by atoms with E-state index >= 15 is 0 Å². The zero-order valence-electron chi connectivity index (χ0n) is 11.0. The third-order valence-corrected chi connectivity index (χ3v) is 3.29. The number of hydrogen-bond acceptors (Lipinski definition) is 4. The molecule has 7 heteroatoms. The highest BCUT2D eigenvalue weighted by Crippen LogP contribution is 2.35. The summed E-state index contributed by atoms with van der Waals surface area (Å²) in [7, 11) is 0. The summed E-state index contributed by atoms with van der Waals surface area (Å²) in [6, 6.07) is 2.20. The van der Waals surface area contributed by atoms with Crippen LogP contribution in [-0.4, -0.2) is 29.1 Å². The molecule has 1 aromatic carbocycles. The normalized spacial score (nSPS) is 14.1. The van der Waals surface area contributed by atoms with E-state index in [1.807, 2.05) is 0 Å². The van der Waals surface area contributed by atoms with E-state index in [1.165, 1.54) is 17.9 Å². The maximum atomic E-state index is 13.5. The Balaban J connectivity index is 2.41. The van der Waals surface area contributed by atoms with Crippen molar-refractivity contribution in [1.82, 2.24) is 0 Å². The molecule has 1 N–H and O–H groups in total. The van der Waals surface area contributed by atoms with Crippen LogP contribution < -0.4 is 4.90 Å². The van der Waals surface area contributed by atoms with E-state index in [0.717, 1.165) is 18.9 Å². The summed E-state index contributed by atoms with van der Waals surface area (Å²) in [5.74, 6) is -1.37. The zero-order valence-corrected chi connectivity index (χ0v) is 11.0. The van der Waals surface area contributed by atoms with Crippen LogP contribution in [0, 0.1) is 28.8 Å². The first-order valence-electron chi connectivity index (χ1n) is 6.29. The molecule has 1 aliphatic rings. The Morgan fingerprint density at radius 3 is 2.70 bits per heavy atom. The van der Waals surface area contributed by atoms with Gasteiger partial charge in [-0.15, -0.1) is 0 Å². The number of carboxylic acids is 1. The van der Waals surface area contributed by atoms with Gasteiger partial charge >= 0.3 is 5.97 Å². The van der Waals surface area contributed by atoms with Crippen LogP contribution in [0.1, 0.15) is 18.4 Å². The summed E-state index contributed by atoms with van der Waals surface area (Å²) in [5, 5.41) is 20.0. The number of hydrogen-bond donors (Lipinski definition) is 1. The number of carbonyl (C=O) groups is 1. The Hall–Kier alpha value is -2.18. The first-order valence-corrected chi connectivity index (χ1v) is 6.29. The van der Waals surface area contributed by atoms with Crippen LogP contribution in [0.3, 0.4) is 0 Å². The summed E-state index contributed by atoms with van der Waals surface area (Å²) < 4.78 is 13.5. The van der Waals surface area contributed by atoms with Gasteiger partial charge in [0.15, 0.2) is 0 Å². The van der Waals surface area contributed by atoms with Gasteiger partial charge < -0.3 is 10.0 Å². The molecule has 0 saturated heterocycles. The Kier molecular flexibility index (Phi) is 3.87. The lowest BCUT2D eigenvalue weighted by atomic mass is 10.1. The number of halogens is 1. The second kappa shape index (κ2) is 5.44. The number of aryl methyl sites for hydroxylation is 1. The van der Waals surface area contributed by atoms with E-state index in [2.05, 4.69) is 0 Å². The van der Waals surface area contributed by atoms with Crippen LogP contribution in [0.25, 0.3) is 0 Å². The lowest BCUT2D eigenvalue weighted by Crippen LogP contribution is -2.32. The highest BCUT2D eigenvalue weighted by atomic mass is 19.1. The molecule has 0 unspecified atom stereocenters. The highest BCUT2D eigenvalue weighted by molar-refractivity contribution is 5.76. The molecule has 2 rings (SSSR count). The SMILES string of the molecule is Cc1cc(N(CC(=O)O)CC2CC2)c([N+](=O)[O-])cc1F. The number of aliphatic carboxylic acids is 1. The van der Waals surface area contributed by atoms with Gasteiger partial charge in [0, 0.05) is 6.54 Å². The molecule has 1 aliphatic carbocycles. The topological polar surface area (TPSA) is 83.7 Å². The molecular weight excluding hydrogens is 267 g/mol. The first-order chi connectivity index (χ1) is 9.38. The quantitative estimate of drug-likeness (QED) is 0.639. The molecule has 0 bridgehead atoms. The van der Waals surface area contributed by atoms with Gasteiger partial charge in [0.2, 0.25) is 0 Å². The van der Waals surface area contributed by atoms with E-state index < -0.39 is 22.4 Å². The Morgan fingerprint density at radius 1 is 1.55 bits per heavy atom. The molecule has 6 nitrogen and oxygen atoms in total. The molecule has 0 radical (unpaired) electrons. The molecule has 108 valence electrons. The van der Waals surface area contributed by atoms with Crippen molar-refractivity contribution in [3.8, 4) is 0 Å². The minimum absolute atomic E-state index is 0.170. The molecule has 0 aliphatic heterocycles. The van der Waals surface area contributed by atoms with E-state index in [0.29, 0.717) is 12.5 Å². The number of nitrogens with zero attached hydrogens (tertiary/aromatic N) is 2. The largest absolute Gasteiger partial charge is 0.480 e. The summed E-state index contributed by atoms with van der Waals surface area (Å²) in [6.45, 7) is 1.61. The van der Waals surface area contributed by atoms with Gasteiger partial charge in [0.05, 0.1) is 11.0 Å². The summed E-state index contributed by atoms with van der Waals surface area (Å²) in [6.07, 6.45) is 1.98. The van der Waals surface area contributed by atoms with Crippen molar-refractivity contribution in [3.05, 3.63) is 33.6 Å². The number of carboxylic acid groups (broad SMARTS) is 1. The molecule has 0 aromatic heterocycles. The monoisotopic (exact) mass is 282 g/mol. The second-order valence-corrected chi connectivity index (χ2v) is 5.06. The molecule has 0 spiro atoms. The van der Waals surface area contributed by atoms with Gasteiger partial charge in [-0.3, -0.25) is 14.9 Å². The van der Waals surface area contributed by atoms with Gasteiger partial charge in [-0.2, -0.15) is 0 Å². The maximum Gasteiger partial charge on any atom is 0.323 e. The van der Waals surface area contributed by atoms with Crippen molar-refractivity contribution in [2.24, 2.45) is 5.92 Å². The number of nitro groups is 1. The van der Waals surface area contributed by atoms with Gasteiger partial charge in [-0.1, -0.05) is 0 Å². The maximum absolute atomic E-state index is 13.5. The number of benzene rings is 1. The number of anilines is 1. The molecule has 1 saturated carbocycles. The Bertz CT molecular complexity index is 558. The minimum atomic E-state index is -1.07. The average Bonchev–Trinajstić information content (AvgIpc) is 3.14. The Labute approximate surface area is 115 Å². The van der Waals surface area contributed by atoms with Gasteiger partial charge in [0.1, 0.15) is 18.0 Å². The molecule has 0 atom stereocenters. The molecule has 1 fully saturated rings. The molecule has 1 aromatic rings. The average molecular weight is 282 g/mol. The van der Waals surface area contributed by atoms with Crippen LogP contribution >= 0.6 is 0 Å². The van der Waals surface area contributed by atoms with Crippen molar-refractivity contribution in [1.29, 1.82) is 0 Å². The van der Waals surface area contributed by atoms with Crippen molar-refractivity contribution in [3.63, 3.8) is 0 Å². The smallest absolute Gasteiger partial charge is 0.323 e. The standard InChI is InChI=1S/C13H15FN2O4/c1-8-4-11(12(16(19)20)5-10(8)14)15(7-13(17)18)6-9-2-3-9/h4-5,9H,2-3,6-7H2,1H3,(H,17,18). The van der Waals surface area contributed by atoms with Crippen molar-refractivity contribution in [2.45, 2.75) is 19.8 Å². The number of rotatable bonds is 6. The lowest BCUT2D eigenvalue weighted by molar-refractivity contribution is -0.384. The molecule has 0 amide bonds. The first kappa shape index (κ1) is 14.2. The third-order valence-electron chi connectivity index (χ3n) is 3.29. The fraction of sp³-hybridized carbons (Fsp3) is 0.462. The van der Waals surface area contributed by atoms with Crippen LogP contribution in [0.4, 0.5) is 15.8 Å². The van der Waals surface area contributed by atoms with Crippen molar-refractivity contribution < 1.29 is 19.2 Å². The molecule has 20 heavy (non-hydrogen) atoms. The van der Waals surface area contributed by atoms with Gasteiger partial charge in [0.25, 0.3) is 5.69 Å². The van der Waals surface area contributed by atoms with E-state index in [9.17, 15) is 19.3 Å². The van der Waals surface area contributed by atoms with Crippen molar-refractivity contribution >= 4 is 17.3 Å². The predicted octanol–water partition coefficient (Wildman–Crippen LogP) is 2.34. The summed E-state index contributed by atoms with van der Waals surface area (Å²) in [5.41, 5.74) is 0.0370. The van der Waals surface area contributed by atoms with E-state index in [-0.39, 0.29) is 17.8 Å². The summed E-state index contributed by atoms with van der Waals surface area (Å²) in [4.78, 5) is 22.7. The minimum Gasteiger partial charge on any atom is -0.480 e. The molecular formula is C13H15FN2O4. The predicted molar refractivity (Wildman–Crippen MR) is 70.4 cm³/mol. The van der Waals surface area contributed by atoms with Crippen LogP contribution in [0.2, 0.25) is 0 Å².